The Morgan fingerprint density at radius 1 is 1.50 bits per heavy atom. The lowest BCUT2D eigenvalue weighted by atomic mass is 10.3. The molecule has 0 atom stereocenters. The van der Waals surface area contributed by atoms with Gasteiger partial charge in [0.15, 0.2) is 0 Å². The molecule has 0 radical (unpaired) electrons. The lowest BCUT2D eigenvalue weighted by Gasteiger charge is -2.21. The van der Waals surface area contributed by atoms with Crippen molar-refractivity contribution < 1.29 is 5.11 Å². The molecule has 1 aromatic heterocycles. The topological polar surface area (TPSA) is 36.4 Å². The van der Waals surface area contributed by atoms with Gasteiger partial charge in [-0.1, -0.05) is 0 Å². The summed E-state index contributed by atoms with van der Waals surface area (Å²) in [5.41, 5.74) is 0.971. The normalized spacial score (nSPS) is 10.3. The molecule has 0 bridgehead atoms. The summed E-state index contributed by atoms with van der Waals surface area (Å²) in [6, 6.07) is 3.94. The SMILES string of the molecule is CCN(CCO)c1ccc(Br)c(C)n1. The summed E-state index contributed by atoms with van der Waals surface area (Å²) in [5, 5.41) is 8.87. The van der Waals surface area contributed by atoms with E-state index in [2.05, 4.69) is 27.8 Å². The fourth-order valence-electron chi connectivity index (χ4n) is 1.26. The third-order valence-electron chi connectivity index (χ3n) is 2.08. The van der Waals surface area contributed by atoms with Crippen molar-refractivity contribution in [3.8, 4) is 0 Å². The second kappa shape index (κ2) is 5.32. The Balaban J connectivity index is 2.88. The quantitative estimate of drug-likeness (QED) is 0.898. The van der Waals surface area contributed by atoms with Crippen LogP contribution in [-0.4, -0.2) is 29.8 Å². The predicted molar refractivity (Wildman–Crippen MR) is 61.6 cm³/mol. The monoisotopic (exact) mass is 258 g/mol. The summed E-state index contributed by atoms with van der Waals surface area (Å²) < 4.78 is 1.02. The van der Waals surface area contributed by atoms with Gasteiger partial charge in [-0.3, -0.25) is 0 Å². The third-order valence-corrected chi connectivity index (χ3v) is 2.92. The molecule has 14 heavy (non-hydrogen) atoms. The van der Waals surface area contributed by atoms with Crippen molar-refractivity contribution >= 4 is 21.7 Å². The molecule has 0 amide bonds. The summed E-state index contributed by atoms with van der Waals surface area (Å²) in [4.78, 5) is 6.47. The lowest BCUT2D eigenvalue weighted by Crippen LogP contribution is -2.27. The van der Waals surface area contributed by atoms with Crippen molar-refractivity contribution in [2.45, 2.75) is 13.8 Å². The van der Waals surface area contributed by atoms with Crippen LogP contribution in [0.4, 0.5) is 5.82 Å². The molecular formula is C10H15BrN2O. The number of aliphatic hydroxyl groups is 1. The van der Waals surface area contributed by atoms with E-state index >= 15 is 0 Å². The number of hydrogen-bond acceptors (Lipinski definition) is 3. The Kier molecular flexibility index (Phi) is 4.35. The molecule has 0 spiro atoms. The van der Waals surface area contributed by atoms with Crippen LogP contribution in [-0.2, 0) is 0 Å². The molecule has 1 N–H and O–H groups in total. The largest absolute Gasteiger partial charge is 0.395 e. The van der Waals surface area contributed by atoms with Crippen LogP contribution < -0.4 is 4.90 Å². The molecule has 0 aliphatic rings. The highest BCUT2D eigenvalue weighted by Crippen LogP contribution is 2.18. The molecule has 1 rings (SSSR count). The van der Waals surface area contributed by atoms with Crippen molar-refractivity contribution in [1.82, 2.24) is 4.98 Å². The van der Waals surface area contributed by atoms with E-state index in [1.165, 1.54) is 0 Å². The first-order chi connectivity index (χ1) is 6.69. The summed E-state index contributed by atoms with van der Waals surface area (Å²) in [5.74, 6) is 0.919. The van der Waals surface area contributed by atoms with Crippen molar-refractivity contribution in [3.63, 3.8) is 0 Å². The molecule has 0 saturated heterocycles. The van der Waals surface area contributed by atoms with Crippen molar-refractivity contribution in [3.05, 3.63) is 22.3 Å². The Labute approximate surface area is 92.9 Å². The summed E-state index contributed by atoms with van der Waals surface area (Å²) in [7, 11) is 0. The van der Waals surface area contributed by atoms with Crippen LogP contribution in [0.1, 0.15) is 12.6 Å². The average Bonchev–Trinajstić information content (AvgIpc) is 2.19. The van der Waals surface area contributed by atoms with Crippen LogP contribution in [0.25, 0.3) is 0 Å². The minimum Gasteiger partial charge on any atom is -0.395 e. The van der Waals surface area contributed by atoms with Gasteiger partial charge in [-0.05, 0) is 41.9 Å². The molecule has 0 fully saturated rings. The van der Waals surface area contributed by atoms with Gasteiger partial charge in [0, 0.05) is 17.6 Å². The third kappa shape index (κ3) is 2.69. The van der Waals surface area contributed by atoms with Gasteiger partial charge in [-0.2, -0.15) is 0 Å². The number of pyridine rings is 1. The smallest absolute Gasteiger partial charge is 0.128 e. The number of likely N-dealkylation sites (N-methyl/N-ethyl adjacent to an activating group) is 1. The Hall–Kier alpha value is -0.610. The predicted octanol–water partition coefficient (Wildman–Crippen LogP) is 1.97. The zero-order valence-electron chi connectivity index (χ0n) is 8.50. The minimum atomic E-state index is 0.157. The van der Waals surface area contributed by atoms with Crippen LogP contribution in [0.2, 0.25) is 0 Å². The molecule has 0 aliphatic carbocycles. The molecule has 1 aromatic rings. The summed E-state index contributed by atoms with van der Waals surface area (Å²) in [6.45, 7) is 5.65. The number of nitrogens with zero attached hydrogens (tertiary/aromatic N) is 2. The number of anilines is 1. The van der Waals surface area contributed by atoms with Gasteiger partial charge in [-0.15, -0.1) is 0 Å². The molecule has 3 nitrogen and oxygen atoms in total. The molecule has 0 saturated carbocycles. The van der Waals surface area contributed by atoms with E-state index in [0.29, 0.717) is 6.54 Å². The number of rotatable bonds is 4. The van der Waals surface area contributed by atoms with E-state index in [-0.39, 0.29) is 6.61 Å². The standard InChI is InChI=1S/C10H15BrN2O/c1-3-13(6-7-14)10-5-4-9(11)8(2)12-10/h4-5,14H,3,6-7H2,1-2H3. The van der Waals surface area contributed by atoms with Gasteiger partial charge in [0.25, 0.3) is 0 Å². The van der Waals surface area contributed by atoms with E-state index in [9.17, 15) is 0 Å². The zero-order valence-corrected chi connectivity index (χ0v) is 10.1. The minimum absolute atomic E-state index is 0.157. The second-order valence-corrected chi connectivity index (χ2v) is 3.89. The van der Waals surface area contributed by atoms with Gasteiger partial charge in [0.1, 0.15) is 5.82 Å². The van der Waals surface area contributed by atoms with Crippen LogP contribution in [0.3, 0.4) is 0 Å². The van der Waals surface area contributed by atoms with E-state index in [1.54, 1.807) is 0 Å². The number of halogens is 1. The van der Waals surface area contributed by atoms with Crippen LogP contribution in [0, 0.1) is 6.92 Å². The number of hydrogen-bond donors (Lipinski definition) is 1. The fraction of sp³-hybridized carbons (Fsp3) is 0.500. The van der Waals surface area contributed by atoms with E-state index in [0.717, 1.165) is 22.5 Å². The van der Waals surface area contributed by atoms with Crippen LogP contribution in [0.15, 0.2) is 16.6 Å². The molecule has 0 unspecified atom stereocenters. The highest BCUT2D eigenvalue weighted by Gasteiger charge is 2.05. The number of aliphatic hydroxyl groups excluding tert-OH is 1. The van der Waals surface area contributed by atoms with Gasteiger partial charge in [0.2, 0.25) is 0 Å². The average molecular weight is 259 g/mol. The van der Waals surface area contributed by atoms with Crippen LogP contribution >= 0.6 is 15.9 Å². The maximum absolute atomic E-state index is 8.87. The highest BCUT2D eigenvalue weighted by atomic mass is 79.9. The molecule has 4 heteroatoms. The lowest BCUT2D eigenvalue weighted by molar-refractivity contribution is 0.302. The molecule has 0 aliphatic heterocycles. The fourth-order valence-corrected chi connectivity index (χ4v) is 1.48. The first kappa shape index (κ1) is 11.5. The number of aryl methyl sites for hydroxylation is 1. The van der Waals surface area contributed by atoms with Crippen molar-refractivity contribution in [1.29, 1.82) is 0 Å². The zero-order chi connectivity index (χ0) is 10.6. The van der Waals surface area contributed by atoms with Crippen molar-refractivity contribution in [2.24, 2.45) is 0 Å². The molecule has 0 aromatic carbocycles. The van der Waals surface area contributed by atoms with Gasteiger partial charge in [-0.25, -0.2) is 4.98 Å². The van der Waals surface area contributed by atoms with Crippen molar-refractivity contribution in [2.75, 3.05) is 24.6 Å². The maximum Gasteiger partial charge on any atom is 0.128 e. The van der Waals surface area contributed by atoms with E-state index < -0.39 is 0 Å². The first-order valence-corrected chi connectivity index (χ1v) is 5.47. The van der Waals surface area contributed by atoms with E-state index in [4.69, 9.17) is 5.11 Å². The maximum atomic E-state index is 8.87. The second-order valence-electron chi connectivity index (χ2n) is 3.04. The van der Waals surface area contributed by atoms with Crippen LogP contribution in [0.5, 0.6) is 0 Å². The summed E-state index contributed by atoms with van der Waals surface area (Å²) >= 11 is 3.41. The molecule has 78 valence electrons. The number of aromatic nitrogens is 1. The molecular weight excluding hydrogens is 244 g/mol. The Bertz CT molecular complexity index is 304. The highest BCUT2D eigenvalue weighted by molar-refractivity contribution is 9.10. The van der Waals surface area contributed by atoms with E-state index in [1.807, 2.05) is 24.0 Å². The Morgan fingerprint density at radius 2 is 2.21 bits per heavy atom. The van der Waals surface area contributed by atoms with Gasteiger partial charge >= 0.3 is 0 Å². The van der Waals surface area contributed by atoms with Gasteiger partial charge < -0.3 is 10.0 Å². The summed E-state index contributed by atoms with van der Waals surface area (Å²) in [6.07, 6.45) is 0. The Morgan fingerprint density at radius 3 is 2.71 bits per heavy atom. The molecule has 1 heterocycles. The van der Waals surface area contributed by atoms with Gasteiger partial charge in [0.05, 0.1) is 12.3 Å². The first-order valence-electron chi connectivity index (χ1n) is 4.68.